The van der Waals surface area contributed by atoms with Crippen molar-refractivity contribution in [1.29, 1.82) is 0 Å². The normalized spacial score (nSPS) is 11.7. The third-order valence-corrected chi connectivity index (χ3v) is 3.26. The van der Waals surface area contributed by atoms with Crippen molar-refractivity contribution in [3.63, 3.8) is 0 Å². The van der Waals surface area contributed by atoms with Crippen LogP contribution in [0.5, 0.6) is 0 Å². The van der Waals surface area contributed by atoms with Gasteiger partial charge in [-0.2, -0.15) is 0 Å². The lowest BCUT2D eigenvalue weighted by atomic mass is 10.1. The van der Waals surface area contributed by atoms with Crippen LogP contribution in [0.3, 0.4) is 0 Å². The van der Waals surface area contributed by atoms with Crippen LogP contribution in [0.2, 0.25) is 0 Å². The van der Waals surface area contributed by atoms with Crippen LogP contribution in [0.1, 0.15) is 24.2 Å². The molecule has 1 aromatic heterocycles. The van der Waals surface area contributed by atoms with Crippen molar-refractivity contribution in [2.24, 2.45) is 0 Å². The zero-order valence-electron chi connectivity index (χ0n) is 12.3. The largest absolute Gasteiger partial charge is 0.332 e. The molecule has 5 nitrogen and oxygen atoms in total. The highest BCUT2D eigenvalue weighted by atomic mass is 16.2. The minimum absolute atomic E-state index is 0.241. The van der Waals surface area contributed by atoms with Gasteiger partial charge in [0.2, 0.25) is 0 Å². The molecule has 0 radical (unpaired) electrons. The number of hydrogen-bond donors (Lipinski definition) is 3. The molecule has 2 aromatic rings. The second kappa shape index (κ2) is 7.40. The van der Waals surface area contributed by atoms with Gasteiger partial charge in [0.25, 0.3) is 0 Å². The van der Waals surface area contributed by atoms with Gasteiger partial charge in [0.05, 0.1) is 12.2 Å². The Labute approximate surface area is 124 Å². The Morgan fingerprint density at radius 3 is 2.57 bits per heavy atom. The average Bonchev–Trinajstić information content (AvgIpc) is 2.54. The van der Waals surface area contributed by atoms with Gasteiger partial charge >= 0.3 is 6.03 Å². The van der Waals surface area contributed by atoms with Crippen LogP contribution in [-0.2, 0) is 6.54 Å². The van der Waals surface area contributed by atoms with Crippen LogP contribution in [0.4, 0.5) is 10.5 Å². The van der Waals surface area contributed by atoms with Crippen LogP contribution >= 0.6 is 0 Å². The zero-order chi connectivity index (χ0) is 15.1. The Hall–Kier alpha value is -2.40. The minimum Gasteiger partial charge on any atom is -0.332 e. The number of benzene rings is 1. The molecule has 1 heterocycles. The fourth-order valence-corrected chi connectivity index (χ4v) is 1.87. The fourth-order valence-electron chi connectivity index (χ4n) is 1.87. The maximum atomic E-state index is 11.8. The smallest absolute Gasteiger partial charge is 0.319 e. The van der Waals surface area contributed by atoms with E-state index in [1.807, 2.05) is 49.5 Å². The predicted octanol–water partition coefficient (Wildman–Crippen LogP) is 2.68. The maximum absolute atomic E-state index is 11.8. The summed E-state index contributed by atoms with van der Waals surface area (Å²) in [6.07, 6.45) is 1.70. The molecule has 0 aliphatic carbocycles. The summed E-state index contributed by atoms with van der Waals surface area (Å²) >= 11 is 0. The molecule has 0 spiro atoms. The molecule has 5 heteroatoms. The third kappa shape index (κ3) is 4.57. The summed E-state index contributed by atoms with van der Waals surface area (Å²) < 4.78 is 0. The number of urea groups is 1. The predicted molar refractivity (Wildman–Crippen MR) is 84.0 cm³/mol. The second-order valence-corrected chi connectivity index (χ2v) is 4.76. The molecule has 3 N–H and O–H groups in total. The molecule has 0 aliphatic rings. The van der Waals surface area contributed by atoms with E-state index in [0.29, 0.717) is 6.54 Å². The van der Waals surface area contributed by atoms with Gasteiger partial charge in [-0.15, -0.1) is 0 Å². The van der Waals surface area contributed by atoms with E-state index in [4.69, 9.17) is 0 Å². The molecule has 1 atom stereocenters. The van der Waals surface area contributed by atoms with Crippen molar-refractivity contribution in [1.82, 2.24) is 15.6 Å². The van der Waals surface area contributed by atoms with Crippen LogP contribution in [0, 0.1) is 0 Å². The summed E-state index contributed by atoms with van der Waals surface area (Å²) in [5.41, 5.74) is 2.77. The third-order valence-electron chi connectivity index (χ3n) is 3.26. The average molecular weight is 284 g/mol. The number of nitrogens with one attached hydrogen (secondary N) is 3. The molecule has 2 amide bonds. The van der Waals surface area contributed by atoms with Crippen LogP contribution < -0.4 is 16.0 Å². The molecule has 110 valence electrons. The van der Waals surface area contributed by atoms with E-state index in [-0.39, 0.29) is 12.1 Å². The highest BCUT2D eigenvalue weighted by Crippen LogP contribution is 2.15. The molecule has 1 unspecified atom stereocenters. The number of carbonyl (C=O) groups is 1. The number of nitrogens with zero attached hydrogens (tertiary/aromatic N) is 1. The molecule has 21 heavy (non-hydrogen) atoms. The number of rotatable bonds is 5. The van der Waals surface area contributed by atoms with E-state index in [0.717, 1.165) is 11.4 Å². The standard InChI is InChI=1S/C16H20N4O/c1-12(17-2)13-6-8-14(9-7-13)20-16(21)19-11-15-5-3-4-10-18-15/h3-10,12,17H,11H2,1-2H3,(H2,19,20,21). The number of anilines is 1. The number of pyridine rings is 1. The molecule has 0 fully saturated rings. The van der Waals surface area contributed by atoms with E-state index in [1.54, 1.807) is 6.20 Å². The van der Waals surface area contributed by atoms with Crippen molar-refractivity contribution in [2.45, 2.75) is 19.5 Å². The van der Waals surface area contributed by atoms with E-state index in [1.165, 1.54) is 5.56 Å². The topological polar surface area (TPSA) is 66.0 Å². The number of hydrogen-bond acceptors (Lipinski definition) is 3. The van der Waals surface area contributed by atoms with E-state index >= 15 is 0 Å². The molecule has 0 bridgehead atoms. The minimum atomic E-state index is -0.241. The Balaban J connectivity index is 1.85. The summed E-state index contributed by atoms with van der Waals surface area (Å²) in [7, 11) is 1.92. The van der Waals surface area contributed by atoms with Gasteiger partial charge in [0, 0.05) is 17.9 Å². The molecular weight excluding hydrogens is 264 g/mol. The van der Waals surface area contributed by atoms with E-state index in [2.05, 4.69) is 27.9 Å². The lowest BCUT2D eigenvalue weighted by Crippen LogP contribution is -2.28. The number of carbonyl (C=O) groups excluding carboxylic acids is 1. The second-order valence-electron chi connectivity index (χ2n) is 4.76. The summed E-state index contributed by atoms with van der Waals surface area (Å²) in [5, 5.41) is 8.74. The van der Waals surface area contributed by atoms with Gasteiger partial charge < -0.3 is 16.0 Å². The summed E-state index contributed by atoms with van der Waals surface area (Å²) in [4.78, 5) is 15.9. The fraction of sp³-hybridized carbons (Fsp3) is 0.250. The van der Waals surface area contributed by atoms with Crippen molar-refractivity contribution in [3.05, 3.63) is 59.9 Å². The Kier molecular flexibility index (Phi) is 5.29. The Morgan fingerprint density at radius 1 is 1.19 bits per heavy atom. The number of aromatic nitrogens is 1. The summed E-state index contributed by atoms with van der Waals surface area (Å²) in [6, 6.07) is 13.4. The van der Waals surface area contributed by atoms with Crippen molar-refractivity contribution < 1.29 is 4.79 Å². The van der Waals surface area contributed by atoms with Crippen LogP contribution in [0.25, 0.3) is 0 Å². The zero-order valence-corrected chi connectivity index (χ0v) is 12.3. The lowest BCUT2D eigenvalue weighted by Gasteiger charge is -2.12. The van der Waals surface area contributed by atoms with Gasteiger partial charge in [0.1, 0.15) is 0 Å². The highest BCUT2D eigenvalue weighted by molar-refractivity contribution is 5.89. The van der Waals surface area contributed by atoms with Gasteiger partial charge in [0.15, 0.2) is 0 Å². The lowest BCUT2D eigenvalue weighted by molar-refractivity contribution is 0.251. The molecule has 2 rings (SSSR count). The first-order chi connectivity index (χ1) is 10.2. The van der Waals surface area contributed by atoms with E-state index < -0.39 is 0 Å². The first-order valence-electron chi connectivity index (χ1n) is 6.91. The van der Waals surface area contributed by atoms with Crippen LogP contribution in [0.15, 0.2) is 48.7 Å². The quantitative estimate of drug-likeness (QED) is 0.791. The van der Waals surface area contributed by atoms with E-state index in [9.17, 15) is 4.79 Å². The van der Waals surface area contributed by atoms with Crippen molar-refractivity contribution in [2.75, 3.05) is 12.4 Å². The highest BCUT2D eigenvalue weighted by Gasteiger charge is 2.04. The summed E-state index contributed by atoms with van der Waals surface area (Å²) in [6.45, 7) is 2.49. The SMILES string of the molecule is CNC(C)c1ccc(NC(=O)NCc2ccccn2)cc1. The number of amides is 2. The van der Waals surface area contributed by atoms with Gasteiger partial charge in [-0.1, -0.05) is 18.2 Å². The first-order valence-corrected chi connectivity index (χ1v) is 6.91. The molecular formula is C16H20N4O. The Bertz CT molecular complexity index is 569. The van der Waals surface area contributed by atoms with Crippen LogP contribution in [-0.4, -0.2) is 18.1 Å². The van der Waals surface area contributed by atoms with Crippen molar-refractivity contribution >= 4 is 11.7 Å². The molecule has 0 saturated heterocycles. The van der Waals surface area contributed by atoms with Gasteiger partial charge in [-0.25, -0.2) is 4.79 Å². The molecule has 1 aromatic carbocycles. The van der Waals surface area contributed by atoms with Gasteiger partial charge in [-0.3, -0.25) is 4.98 Å². The Morgan fingerprint density at radius 2 is 1.95 bits per heavy atom. The monoisotopic (exact) mass is 284 g/mol. The molecule has 0 saturated carbocycles. The maximum Gasteiger partial charge on any atom is 0.319 e. The van der Waals surface area contributed by atoms with Crippen molar-refractivity contribution in [3.8, 4) is 0 Å². The first kappa shape index (κ1) is 15.0. The van der Waals surface area contributed by atoms with Gasteiger partial charge in [-0.05, 0) is 43.8 Å². The summed E-state index contributed by atoms with van der Waals surface area (Å²) in [5.74, 6) is 0. The molecule has 0 aliphatic heterocycles.